The fourth-order valence-corrected chi connectivity index (χ4v) is 3.90. The lowest BCUT2D eigenvalue weighted by Crippen LogP contribution is -2.44. The summed E-state index contributed by atoms with van der Waals surface area (Å²) in [5.41, 5.74) is 0. The van der Waals surface area contributed by atoms with E-state index in [0.717, 1.165) is 19.4 Å². The number of nitrogens with one attached hydrogen (secondary N) is 1. The summed E-state index contributed by atoms with van der Waals surface area (Å²) < 4.78 is 0. The summed E-state index contributed by atoms with van der Waals surface area (Å²) >= 11 is 0. The number of hydrogen-bond donors (Lipinski definition) is 2. The predicted molar refractivity (Wildman–Crippen MR) is 69.1 cm³/mol. The number of amides is 1. The second-order valence-corrected chi connectivity index (χ2v) is 6.32. The lowest BCUT2D eigenvalue weighted by Gasteiger charge is -2.33. The van der Waals surface area contributed by atoms with Gasteiger partial charge in [0.15, 0.2) is 0 Å². The lowest BCUT2D eigenvalue weighted by molar-refractivity contribution is -0.135. The molecular formula is C14H24N2O2. The van der Waals surface area contributed by atoms with Gasteiger partial charge in [0.25, 0.3) is 0 Å². The summed E-state index contributed by atoms with van der Waals surface area (Å²) in [4.78, 5) is 14.1. The number of β-amino-alcohol motifs (C(OH)–C–C–N with tert-alkyl or cyclic N) is 1. The molecule has 0 radical (unpaired) electrons. The van der Waals surface area contributed by atoms with Crippen LogP contribution in [0.25, 0.3) is 0 Å². The Morgan fingerprint density at radius 2 is 1.94 bits per heavy atom. The number of aliphatic hydroxyl groups excluding tert-OH is 1. The Bertz CT molecular complexity index is 309. The van der Waals surface area contributed by atoms with Crippen LogP contribution in [0.5, 0.6) is 0 Å². The van der Waals surface area contributed by atoms with Crippen LogP contribution in [0.2, 0.25) is 0 Å². The molecule has 0 spiro atoms. The van der Waals surface area contributed by atoms with Crippen molar-refractivity contribution in [3.8, 4) is 0 Å². The van der Waals surface area contributed by atoms with E-state index in [1.165, 1.54) is 25.7 Å². The van der Waals surface area contributed by atoms with Gasteiger partial charge >= 0.3 is 0 Å². The fourth-order valence-electron chi connectivity index (χ4n) is 3.90. The molecule has 102 valence electrons. The Hall–Kier alpha value is -0.610. The largest absolute Gasteiger partial charge is 0.391 e. The van der Waals surface area contributed by atoms with Gasteiger partial charge in [-0.25, -0.2) is 0 Å². The highest BCUT2D eigenvalue weighted by Crippen LogP contribution is 2.33. The molecule has 4 nitrogen and oxygen atoms in total. The summed E-state index contributed by atoms with van der Waals surface area (Å²) in [5.74, 6) is 0.829. The van der Waals surface area contributed by atoms with Crippen LogP contribution in [0.1, 0.15) is 44.9 Å². The first kappa shape index (κ1) is 12.4. The quantitative estimate of drug-likeness (QED) is 0.767. The summed E-state index contributed by atoms with van der Waals surface area (Å²) in [6, 6.07) is 1.32. The van der Waals surface area contributed by atoms with Crippen LogP contribution in [-0.4, -0.2) is 47.2 Å². The van der Waals surface area contributed by atoms with Crippen molar-refractivity contribution in [1.29, 1.82) is 0 Å². The van der Waals surface area contributed by atoms with Gasteiger partial charge in [0.05, 0.1) is 6.10 Å². The summed E-state index contributed by atoms with van der Waals surface area (Å²) in [5, 5.41) is 13.2. The SMILES string of the molecule is O=C(CC1CC2CCC(C1)N2)N1CCCC(O)C1. The monoisotopic (exact) mass is 252 g/mol. The Morgan fingerprint density at radius 1 is 1.22 bits per heavy atom. The molecule has 3 fully saturated rings. The molecule has 0 aromatic carbocycles. The number of aliphatic hydroxyl groups is 1. The van der Waals surface area contributed by atoms with E-state index in [1.807, 2.05) is 4.90 Å². The number of piperidine rings is 2. The highest BCUT2D eigenvalue weighted by molar-refractivity contribution is 5.76. The molecular weight excluding hydrogens is 228 g/mol. The zero-order valence-electron chi connectivity index (χ0n) is 11.0. The van der Waals surface area contributed by atoms with Gasteiger partial charge in [-0.15, -0.1) is 0 Å². The average molecular weight is 252 g/mol. The summed E-state index contributed by atoms with van der Waals surface area (Å²) in [6.07, 6.45) is 7.10. The third kappa shape index (κ3) is 2.69. The van der Waals surface area contributed by atoms with Crippen molar-refractivity contribution < 1.29 is 9.90 Å². The zero-order valence-corrected chi connectivity index (χ0v) is 11.0. The minimum atomic E-state index is -0.299. The van der Waals surface area contributed by atoms with Crippen LogP contribution in [0.4, 0.5) is 0 Å². The number of carbonyl (C=O) groups is 1. The molecule has 0 aromatic heterocycles. The van der Waals surface area contributed by atoms with Crippen molar-refractivity contribution in [3.63, 3.8) is 0 Å². The van der Waals surface area contributed by atoms with Gasteiger partial charge in [-0.3, -0.25) is 4.79 Å². The van der Waals surface area contributed by atoms with Crippen molar-refractivity contribution >= 4 is 5.91 Å². The van der Waals surface area contributed by atoms with E-state index in [2.05, 4.69) is 5.32 Å². The first-order valence-corrected chi connectivity index (χ1v) is 7.42. The Morgan fingerprint density at radius 3 is 2.61 bits per heavy atom. The van der Waals surface area contributed by atoms with E-state index in [4.69, 9.17) is 0 Å². The molecule has 3 aliphatic heterocycles. The van der Waals surface area contributed by atoms with Crippen LogP contribution in [-0.2, 0) is 4.79 Å². The zero-order chi connectivity index (χ0) is 12.5. The molecule has 3 aliphatic rings. The van der Waals surface area contributed by atoms with Gasteiger partial charge in [0.2, 0.25) is 5.91 Å². The van der Waals surface area contributed by atoms with E-state index >= 15 is 0 Å². The van der Waals surface area contributed by atoms with E-state index < -0.39 is 0 Å². The molecule has 3 saturated heterocycles. The molecule has 3 unspecified atom stereocenters. The van der Waals surface area contributed by atoms with Crippen molar-refractivity contribution in [1.82, 2.24) is 10.2 Å². The molecule has 0 aromatic rings. The topological polar surface area (TPSA) is 52.6 Å². The third-order valence-electron chi connectivity index (χ3n) is 4.78. The van der Waals surface area contributed by atoms with E-state index in [-0.39, 0.29) is 12.0 Å². The fraction of sp³-hybridized carbons (Fsp3) is 0.929. The second kappa shape index (κ2) is 5.17. The highest BCUT2D eigenvalue weighted by Gasteiger charge is 2.35. The van der Waals surface area contributed by atoms with Crippen molar-refractivity contribution in [2.24, 2.45) is 5.92 Å². The standard InChI is InChI=1S/C14H24N2O2/c17-13-2-1-5-16(9-13)14(18)8-10-6-11-3-4-12(7-10)15-11/h10-13,15,17H,1-9H2. The van der Waals surface area contributed by atoms with Gasteiger partial charge in [0, 0.05) is 31.6 Å². The number of likely N-dealkylation sites (tertiary alicyclic amines) is 1. The van der Waals surface area contributed by atoms with Crippen LogP contribution in [0, 0.1) is 5.92 Å². The normalized spacial score (nSPS) is 39.9. The highest BCUT2D eigenvalue weighted by atomic mass is 16.3. The van der Waals surface area contributed by atoms with Crippen LogP contribution < -0.4 is 5.32 Å². The van der Waals surface area contributed by atoms with Crippen molar-refractivity contribution in [2.45, 2.75) is 63.1 Å². The molecule has 0 aliphatic carbocycles. The van der Waals surface area contributed by atoms with Crippen LogP contribution in [0.15, 0.2) is 0 Å². The maximum Gasteiger partial charge on any atom is 0.222 e. The molecule has 0 saturated carbocycles. The minimum absolute atomic E-state index is 0.264. The summed E-state index contributed by atoms with van der Waals surface area (Å²) in [6.45, 7) is 1.39. The molecule has 2 bridgehead atoms. The smallest absolute Gasteiger partial charge is 0.222 e. The first-order valence-electron chi connectivity index (χ1n) is 7.42. The molecule has 3 rings (SSSR count). The summed E-state index contributed by atoms with van der Waals surface area (Å²) in [7, 11) is 0. The van der Waals surface area contributed by atoms with E-state index in [0.29, 0.717) is 31.0 Å². The average Bonchev–Trinajstić information content (AvgIpc) is 2.69. The number of carbonyl (C=O) groups excluding carboxylic acids is 1. The van der Waals surface area contributed by atoms with E-state index in [9.17, 15) is 9.90 Å². The predicted octanol–water partition coefficient (Wildman–Crippen LogP) is 0.890. The molecule has 2 N–H and O–H groups in total. The third-order valence-corrected chi connectivity index (χ3v) is 4.78. The second-order valence-electron chi connectivity index (χ2n) is 6.32. The van der Waals surface area contributed by atoms with Gasteiger partial charge in [-0.2, -0.15) is 0 Å². The first-order chi connectivity index (χ1) is 8.70. The van der Waals surface area contributed by atoms with Crippen LogP contribution in [0.3, 0.4) is 0 Å². The Labute approximate surface area is 109 Å². The maximum atomic E-state index is 12.2. The number of hydrogen-bond acceptors (Lipinski definition) is 3. The molecule has 4 heteroatoms. The Kier molecular flexibility index (Phi) is 3.57. The van der Waals surface area contributed by atoms with Gasteiger partial charge in [-0.1, -0.05) is 0 Å². The molecule has 1 amide bonds. The van der Waals surface area contributed by atoms with Crippen LogP contribution >= 0.6 is 0 Å². The minimum Gasteiger partial charge on any atom is -0.391 e. The number of rotatable bonds is 2. The van der Waals surface area contributed by atoms with Crippen molar-refractivity contribution in [2.75, 3.05) is 13.1 Å². The number of nitrogens with zero attached hydrogens (tertiary/aromatic N) is 1. The molecule has 3 atom stereocenters. The van der Waals surface area contributed by atoms with Gasteiger partial charge in [0.1, 0.15) is 0 Å². The number of fused-ring (bicyclic) bond motifs is 2. The Balaban J connectivity index is 1.51. The molecule has 18 heavy (non-hydrogen) atoms. The maximum absolute atomic E-state index is 12.2. The van der Waals surface area contributed by atoms with Crippen molar-refractivity contribution in [3.05, 3.63) is 0 Å². The molecule has 3 heterocycles. The van der Waals surface area contributed by atoms with Gasteiger partial charge < -0.3 is 15.3 Å². The van der Waals surface area contributed by atoms with Gasteiger partial charge in [-0.05, 0) is 44.4 Å². The lowest BCUT2D eigenvalue weighted by atomic mass is 9.89. The van der Waals surface area contributed by atoms with E-state index in [1.54, 1.807) is 0 Å².